The minimum Gasteiger partial charge on any atom is -0.319 e. The molecule has 2 atom stereocenters. The molecule has 35 heavy (non-hydrogen) atoms. The van der Waals surface area contributed by atoms with Crippen molar-refractivity contribution in [1.29, 1.82) is 10.5 Å². The van der Waals surface area contributed by atoms with Gasteiger partial charge in [-0.25, -0.2) is 4.39 Å². The van der Waals surface area contributed by atoms with Gasteiger partial charge in [-0.15, -0.1) is 0 Å². The Morgan fingerprint density at radius 2 is 1.43 bits per heavy atom. The molecule has 1 saturated carbocycles. The highest BCUT2D eigenvalue weighted by molar-refractivity contribution is 6.11. The lowest BCUT2D eigenvalue weighted by molar-refractivity contribution is 0.426. The number of halogens is 1. The third kappa shape index (κ3) is 3.12. The number of hydrogen-bond acceptors (Lipinski definition) is 3. The van der Waals surface area contributed by atoms with E-state index in [2.05, 4.69) is 23.1 Å². The fraction of sp³-hybridized carbons (Fsp3) is 0.300. The summed E-state index contributed by atoms with van der Waals surface area (Å²) in [6.07, 6.45) is 5.35. The molecule has 0 radical (unpaired) electrons. The molecule has 0 spiro atoms. The highest BCUT2D eigenvalue weighted by Crippen LogP contribution is 2.61. The maximum atomic E-state index is 15.4. The number of nitrogens with zero attached hydrogens (tertiary/aromatic N) is 4. The number of fused-ring (bicyclic) bond motifs is 6. The summed E-state index contributed by atoms with van der Waals surface area (Å²) in [6.45, 7) is 0. The van der Waals surface area contributed by atoms with Crippen LogP contribution in [-0.4, -0.2) is 11.9 Å². The second-order valence-corrected chi connectivity index (χ2v) is 9.70. The van der Waals surface area contributed by atoms with Gasteiger partial charge in [-0.1, -0.05) is 79.9 Å². The van der Waals surface area contributed by atoms with E-state index in [0.717, 1.165) is 48.1 Å². The van der Waals surface area contributed by atoms with Crippen LogP contribution in [0.25, 0.3) is 11.1 Å². The van der Waals surface area contributed by atoms with E-state index in [1.165, 1.54) is 12.5 Å². The molecular weight excluding hydrogens is 435 g/mol. The van der Waals surface area contributed by atoms with Crippen molar-refractivity contribution < 1.29 is 4.39 Å². The topological polar surface area (TPSA) is 63.2 Å². The summed E-state index contributed by atoms with van der Waals surface area (Å²) in [7, 11) is 0. The van der Waals surface area contributed by atoms with Gasteiger partial charge in [0.15, 0.2) is 5.41 Å². The minimum absolute atomic E-state index is 0.103. The molecule has 1 aliphatic carbocycles. The summed E-state index contributed by atoms with van der Waals surface area (Å²) in [6, 6.07) is 26.8. The van der Waals surface area contributed by atoms with Crippen LogP contribution in [0, 0.1) is 33.9 Å². The number of anilines is 1. The van der Waals surface area contributed by atoms with Crippen LogP contribution in [0.5, 0.6) is 0 Å². The van der Waals surface area contributed by atoms with E-state index in [0.29, 0.717) is 11.4 Å². The van der Waals surface area contributed by atoms with Crippen LogP contribution in [0.1, 0.15) is 55.2 Å². The van der Waals surface area contributed by atoms with Crippen LogP contribution in [-0.2, 0) is 0 Å². The Morgan fingerprint density at radius 1 is 0.800 bits per heavy atom. The molecule has 1 saturated heterocycles. The van der Waals surface area contributed by atoms with Crippen LogP contribution in [0.3, 0.4) is 0 Å². The molecule has 0 bridgehead atoms. The summed E-state index contributed by atoms with van der Waals surface area (Å²) in [4.78, 5) is 7.33. The Morgan fingerprint density at radius 3 is 2.14 bits per heavy atom. The number of amidine groups is 1. The summed E-state index contributed by atoms with van der Waals surface area (Å²) < 4.78 is 15.4. The van der Waals surface area contributed by atoms with Gasteiger partial charge in [-0.2, -0.15) is 10.5 Å². The van der Waals surface area contributed by atoms with Gasteiger partial charge in [0.05, 0.1) is 35.8 Å². The first-order chi connectivity index (χ1) is 17.2. The molecule has 6 rings (SSSR count). The van der Waals surface area contributed by atoms with E-state index in [1.54, 1.807) is 18.2 Å². The average Bonchev–Trinajstić information content (AvgIpc) is 3.20. The monoisotopic (exact) mass is 460 g/mol. The molecule has 0 N–H and O–H groups in total. The summed E-state index contributed by atoms with van der Waals surface area (Å²) >= 11 is 0. The number of nitriles is 2. The molecule has 0 amide bonds. The maximum absolute atomic E-state index is 15.4. The van der Waals surface area contributed by atoms with E-state index in [-0.39, 0.29) is 6.04 Å². The summed E-state index contributed by atoms with van der Waals surface area (Å²) in [5.41, 5.74) is 2.68. The number of hydrogen-bond donors (Lipinski definition) is 0. The third-order valence-electron chi connectivity index (χ3n) is 7.83. The van der Waals surface area contributed by atoms with Crippen molar-refractivity contribution in [2.24, 2.45) is 10.4 Å². The van der Waals surface area contributed by atoms with E-state index in [9.17, 15) is 10.5 Å². The molecule has 4 nitrogen and oxygen atoms in total. The Kier molecular flexibility index (Phi) is 5.15. The van der Waals surface area contributed by atoms with Crippen molar-refractivity contribution in [3.8, 4) is 23.3 Å². The van der Waals surface area contributed by atoms with E-state index in [1.807, 2.05) is 42.5 Å². The number of aliphatic imine (C=N–C) groups is 1. The fourth-order valence-corrected chi connectivity index (χ4v) is 6.28. The number of para-hydroxylation sites is 1. The molecule has 2 fully saturated rings. The van der Waals surface area contributed by atoms with Gasteiger partial charge < -0.3 is 4.90 Å². The molecular formula is C30H25FN4. The zero-order chi connectivity index (χ0) is 24.0. The molecule has 0 unspecified atom stereocenters. The first-order valence-corrected chi connectivity index (χ1v) is 12.3. The van der Waals surface area contributed by atoms with Gasteiger partial charge in [0.1, 0.15) is 11.7 Å². The van der Waals surface area contributed by atoms with E-state index >= 15 is 4.39 Å². The Hall–Kier alpha value is -3.96. The molecule has 3 aromatic rings. The van der Waals surface area contributed by atoms with Crippen LogP contribution in [0.2, 0.25) is 0 Å². The zero-order valence-corrected chi connectivity index (χ0v) is 19.4. The van der Waals surface area contributed by atoms with Gasteiger partial charge >= 0.3 is 0 Å². The standard InChI is InChI=1S/C30H25FN4/c31-25-16-8-6-15-24(25)27-29(34-20-10-2-1-3-11-20)35-26-17-9-7-13-22(26)21-12-4-5-14-23(21)28(35)30(27,18-32)19-33/h4-9,12-17,20,27-28H,1-3,10-11H2/t27-,28+/m0/s1. The Balaban J connectivity index is 1.69. The summed E-state index contributed by atoms with van der Waals surface area (Å²) in [5.74, 6) is -0.577. The lowest BCUT2D eigenvalue weighted by atomic mass is 9.68. The highest BCUT2D eigenvalue weighted by Gasteiger charge is 2.63. The average molecular weight is 461 g/mol. The van der Waals surface area contributed by atoms with Gasteiger partial charge in [0.25, 0.3) is 0 Å². The van der Waals surface area contributed by atoms with Gasteiger partial charge in [-0.05, 0) is 36.1 Å². The Labute approximate surface area is 205 Å². The first-order valence-electron chi connectivity index (χ1n) is 12.3. The first kappa shape index (κ1) is 21.6. The second kappa shape index (κ2) is 8.36. The SMILES string of the molecule is N#CC1(C#N)[C@@H](c2ccccc2F)C(=NC2CCCCC2)N2c3ccccc3-c3ccccc3[C@@H]21. The van der Waals surface area contributed by atoms with E-state index < -0.39 is 23.2 Å². The highest BCUT2D eigenvalue weighted by atomic mass is 19.1. The van der Waals surface area contributed by atoms with Gasteiger partial charge in [-0.3, -0.25) is 4.99 Å². The summed E-state index contributed by atoms with van der Waals surface area (Å²) in [5, 5.41) is 21.4. The van der Waals surface area contributed by atoms with Crippen LogP contribution < -0.4 is 4.90 Å². The van der Waals surface area contributed by atoms with Crippen molar-refractivity contribution in [2.45, 2.75) is 50.1 Å². The molecule has 0 aromatic heterocycles. The third-order valence-corrected chi connectivity index (χ3v) is 7.83. The lowest BCUT2D eigenvalue weighted by Gasteiger charge is -2.38. The van der Waals surface area contributed by atoms with Crippen molar-refractivity contribution in [1.82, 2.24) is 0 Å². The van der Waals surface area contributed by atoms with Gasteiger partial charge in [0, 0.05) is 11.1 Å². The van der Waals surface area contributed by atoms with Crippen LogP contribution in [0.15, 0.2) is 77.8 Å². The maximum Gasteiger partial charge on any atom is 0.182 e. The smallest absolute Gasteiger partial charge is 0.182 e. The minimum atomic E-state index is -1.54. The molecule has 172 valence electrons. The molecule has 3 aromatic carbocycles. The van der Waals surface area contributed by atoms with Crippen LogP contribution in [0.4, 0.5) is 10.1 Å². The number of rotatable bonds is 2. The Bertz CT molecular complexity index is 1390. The number of benzene rings is 3. The van der Waals surface area contributed by atoms with Crippen molar-refractivity contribution in [2.75, 3.05) is 4.90 Å². The van der Waals surface area contributed by atoms with Crippen LogP contribution >= 0.6 is 0 Å². The molecule has 5 heteroatoms. The van der Waals surface area contributed by atoms with Crippen molar-refractivity contribution in [3.05, 3.63) is 89.7 Å². The van der Waals surface area contributed by atoms with Crippen molar-refractivity contribution >= 4 is 11.5 Å². The largest absolute Gasteiger partial charge is 0.319 e. The zero-order valence-electron chi connectivity index (χ0n) is 19.4. The van der Waals surface area contributed by atoms with Crippen molar-refractivity contribution in [3.63, 3.8) is 0 Å². The fourth-order valence-electron chi connectivity index (χ4n) is 6.28. The normalized spacial score (nSPS) is 23.6. The lowest BCUT2D eigenvalue weighted by Crippen LogP contribution is -2.35. The van der Waals surface area contributed by atoms with Gasteiger partial charge in [0.2, 0.25) is 0 Å². The predicted molar refractivity (Wildman–Crippen MR) is 134 cm³/mol. The quantitative estimate of drug-likeness (QED) is 0.417. The predicted octanol–water partition coefficient (Wildman–Crippen LogP) is 6.92. The molecule has 3 aliphatic rings. The molecule has 2 aliphatic heterocycles. The molecule has 2 heterocycles. The van der Waals surface area contributed by atoms with E-state index in [4.69, 9.17) is 4.99 Å². The second-order valence-electron chi connectivity index (χ2n) is 9.70.